The standard InChI is InChI=1S/C15H27BrN4/c1-3-5-11-6-8-12(9-7-11)14(19-17)15-13(16)10-18-20(15)4-2/h10-12,14,19H,3-9,17H2,1-2H3. The van der Waals surface area contributed by atoms with E-state index in [-0.39, 0.29) is 6.04 Å². The Bertz CT molecular complexity index is 410. The monoisotopic (exact) mass is 342 g/mol. The van der Waals surface area contributed by atoms with E-state index in [1.165, 1.54) is 44.2 Å². The molecule has 1 fully saturated rings. The summed E-state index contributed by atoms with van der Waals surface area (Å²) >= 11 is 3.62. The Morgan fingerprint density at radius 3 is 2.65 bits per heavy atom. The van der Waals surface area contributed by atoms with Crippen LogP contribution in [0.4, 0.5) is 0 Å². The van der Waals surface area contributed by atoms with Crippen molar-refractivity contribution >= 4 is 15.9 Å². The van der Waals surface area contributed by atoms with E-state index in [9.17, 15) is 0 Å². The van der Waals surface area contributed by atoms with Gasteiger partial charge < -0.3 is 0 Å². The highest BCUT2D eigenvalue weighted by Gasteiger charge is 2.30. The maximum absolute atomic E-state index is 5.87. The van der Waals surface area contributed by atoms with Gasteiger partial charge in [-0.3, -0.25) is 16.0 Å². The molecular weight excluding hydrogens is 316 g/mol. The molecule has 1 aliphatic carbocycles. The molecule has 1 aromatic heterocycles. The summed E-state index contributed by atoms with van der Waals surface area (Å²) < 4.78 is 3.12. The second-order valence-electron chi connectivity index (χ2n) is 5.91. The molecule has 1 saturated carbocycles. The van der Waals surface area contributed by atoms with Gasteiger partial charge in [0.1, 0.15) is 0 Å². The van der Waals surface area contributed by atoms with Crippen molar-refractivity contribution in [3.05, 3.63) is 16.4 Å². The number of rotatable bonds is 6. The van der Waals surface area contributed by atoms with Gasteiger partial charge in [0.2, 0.25) is 0 Å². The van der Waals surface area contributed by atoms with Crippen molar-refractivity contribution in [1.82, 2.24) is 15.2 Å². The summed E-state index contributed by atoms with van der Waals surface area (Å²) in [7, 11) is 0. The van der Waals surface area contributed by atoms with E-state index in [1.54, 1.807) is 0 Å². The zero-order chi connectivity index (χ0) is 14.5. The zero-order valence-corrected chi connectivity index (χ0v) is 14.2. The van der Waals surface area contributed by atoms with E-state index >= 15 is 0 Å². The highest BCUT2D eigenvalue weighted by atomic mass is 79.9. The van der Waals surface area contributed by atoms with Crippen molar-refractivity contribution in [3.8, 4) is 0 Å². The van der Waals surface area contributed by atoms with Crippen LogP contribution in [0.15, 0.2) is 10.7 Å². The Kier molecular flexibility index (Phi) is 6.05. The van der Waals surface area contributed by atoms with E-state index in [1.807, 2.05) is 10.9 Å². The summed E-state index contributed by atoms with van der Waals surface area (Å²) in [6.45, 7) is 5.28. The van der Waals surface area contributed by atoms with E-state index in [0.717, 1.165) is 16.9 Å². The topological polar surface area (TPSA) is 55.9 Å². The number of aryl methyl sites for hydroxylation is 1. The first-order valence-electron chi connectivity index (χ1n) is 7.88. The molecule has 0 aromatic carbocycles. The first-order chi connectivity index (χ1) is 9.71. The summed E-state index contributed by atoms with van der Waals surface area (Å²) in [5.74, 6) is 7.41. The normalized spacial score (nSPS) is 24.8. The van der Waals surface area contributed by atoms with Crippen LogP contribution in [0.1, 0.15) is 64.1 Å². The average Bonchev–Trinajstić information content (AvgIpc) is 2.83. The predicted molar refractivity (Wildman–Crippen MR) is 86.0 cm³/mol. The minimum absolute atomic E-state index is 0.203. The van der Waals surface area contributed by atoms with Crippen molar-refractivity contribution in [1.29, 1.82) is 0 Å². The molecule has 0 bridgehead atoms. The molecular formula is C15H27BrN4. The fraction of sp³-hybridized carbons (Fsp3) is 0.800. The SMILES string of the molecule is CCCC1CCC(C(NN)c2c(Br)cnn2CC)CC1. The van der Waals surface area contributed by atoms with Crippen LogP contribution in [0.25, 0.3) is 0 Å². The van der Waals surface area contributed by atoms with Crippen LogP contribution in [0.3, 0.4) is 0 Å². The van der Waals surface area contributed by atoms with Gasteiger partial charge in [-0.15, -0.1) is 0 Å². The second kappa shape index (κ2) is 7.57. The predicted octanol–water partition coefficient (Wildman–Crippen LogP) is 3.78. The maximum Gasteiger partial charge on any atom is 0.0711 e. The highest BCUT2D eigenvalue weighted by Crippen LogP contribution is 2.39. The van der Waals surface area contributed by atoms with Crippen LogP contribution in [-0.4, -0.2) is 9.78 Å². The van der Waals surface area contributed by atoms with E-state index in [4.69, 9.17) is 5.84 Å². The molecule has 4 nitrogen and oxygen atoms in total. The smallest absolute Gasteiger partial charge is 0.0711 e. The van der Waals surface area contributed by atoms with Crippen LogP contribution >= 0.6 is 15.9 Å². The van der Waals surface area contributed by atoms with Gasteiger partial charge >= 0.3 is 0 Å². The molecule has 0 spiro atoms. The van der Waals surface area contributed by atoms with Crippen LogP contribution in [0.5, 0.6) is 0 Å². The number of nitrogens with two attached hydrogens (primary N) is 1. The lowest BCUT2D eigenvalue weighted by Gasteiger charge is -2.34. The molecule has 3 N–H and O–H groups in total. The Morgan fingerprint density at radius 1 is 1.40 bits per heavy atom. The third-order valence-corrected chi connectivity index (χ3v) is 5.28. The van der Waals surface area contributed by atoms with Gasteiger partial charge in [-0.05, 0) is 47.5 Å². The average molecular weight is 343 g/mol. The molecule has 1 heterocycles. The summed E-state index contributed by atoms with van der Waals surface area (Å²) in [5, 5.41) is 4.42. The first kappa shape index (κ1) is 16.0. The van der Waals surface area contributed by atoms with E-state index in [0.29, 0.717) is 5.92 Å². The zero-order valence-electron chi connectivity index (χ0n) is 12.6. The van der Waals surface area contributed by atoms with Crippen LogP contribution in [0.2, 0.25) is 0 Å². The van der Waals surface area contributed by atoms with Crippen LogP contribution < -0.4 is 11.3 Å². The number of nitrogens with one attached hydrogen (secondary N) is 1. The first-order valence-corrected chi connectivity index (χ1v) is 8.67. The third kappa shape index (κ3) is 3.43. The fourth-order valence-corrected chi connectivity index (χ4v) is 4.13. The Labute approximate surface area is 130 Å². The van der Waals surface area contributed by atoms with Gasteiger partial charge in [-0.2, -0.15) is 5.10 Å². The lowest BCUT2D eigenvalue weighted by Crippen LogP contribution is -2.37. The molecule has 2 rings (SSSR count). The Morgan fingerprint density at radius 2 is 2.10 bits per heavy atom. The van der Waals surface area contributed by atoms with E-state index < -0.39 is 0 Å². The number of nitrogens with zero attached hydrogens (tertiary/aromatic N) is 2. The van der Waals surface area contributed by atoms with Gasteiger partial charge in [0, 0.05) is 6.54 Å². The maximum atomic E-state index is 5.87. The number of halogens is 1. The third-order valence-electron chi connectivity index (χ3n) is 4.67. The quantitative estimate of drug-likeness (QED) is 0.611. The largest absolute Gasteiger partial charge is 0.271 e. The number of hydrazine groups is 1. The molecule has 0 amide bonds. The highest BCUT2D eigenvalue weighted by molar-refractivity contribution is 9.10. The molecule has 1 aromatic rings. The minimum atomic E-state index is 0.203. The van der Waals surface area contributed by atoms with Gasteiger partial charge in [0.15, 0.2) is 0 Å². The number of hydrogen-bond donors (Lipinski definition) is 2. The molecule has 0 saturated heterocycles. The summed E-state index contributed by atoms with van der Waals surface area (Å²) in [6.07, 6.45) is 9.78. The second-order valence-corrected chi connectivity index (χ2v) is 6.76. The molecule has 1 unspecified atom stereocenters. The molecule has 1 aliphatic rings. The summed E-state index contributed by atoms with van der Waals surface area (Å²) in [5.41, 5.74) is 4.25. The van der Waals surface area contributed by atoms with E-state index in [2.05, 4.69) is 40.3 Å². The molecule has 0 radical (unpaired) electrons. The lowest BCUT2D eigenvalue weighted by atomic mass is 9.76. The molecule has 5 heteroatoms. The van der Waals surface area contributed by atoms with Gasteiger partial charge in [-0.1, -0.05) is 32.6 Å². The van der Waals surface area contributed by atoms with Gasteiger partial charge in [0.25, 0.3) is 0 Å². The molecule has 114 valence electrons. The van der Waals surface area contributed by atoms with Crippen molar-refractivity contribution in [2.75, 3.05) is 0 Å². The summed E-state index contributed by atoms with van der Waals surface area (Å²) in [6, 6.07) is 0.203. The minimum Gasteiger partial charge on any atom is -0.271 e. The fourth-order valence-electron chi connectivity index (χ4n) is 3.59. The molecule has 20 heavy (non-hydrogen) atoms. The summed E-state index contributed by atoms with van der Waals surface area (Å²) in [4.78, 5) is 0. The van der Waals surface area contributed by atoms with Crippen molar-refractivity contribution in [2.24, 2.45) is 17.7 Å². The van der Waals surface area contributed by atoms with Gasteiger partial charge in [-0.25, -0.2) is 0 Å². The van der Waals surface area contributed by atoms with Crippen LogP contribution in [0, 0.1) is 11.8 Å². The number of aromatic nitrogens is 2. The van der Waals surface area contributed by atoms with Crippen LogP contribution in [-0.2, 0) is 6.54 Å². The van der Waals surface area contributed by atoms with Crippen molar-refractivity contribution < 1.29 is 0 Å². The Balaban J connectivity index is 2.07. The Hall–Kier alpha value is -0.390. The van der Waals surface area contributed by atoms with Crippen molar-refractivity contribution in [3.63, 3.8) is 0 Å². The molecule has 1 atom stereocenters. The van der Waals surface area contributed by atoms with Gasteiger partial charge in [0.05, 0.1) is 22.4 Å². The molecule has 0 aliphatic heterocycles. The van der Waals surface area contributed by atoms with Crippen molar-refractivity contribution in [2.45, 2.75) is 65.0 Å². The number of hydrogen-bond acceptors (Lipinski definition) is 3. The lowest BCUT2D eigenvalue weighted by molar-refractivity contribution is 0.209.